The molecule has 0 aliphatic carbocycles. The van der Waals surface area contributed by atoms with E-state index in [0.717, 1.165) is 11.1 Å². The van der Waals surface area contributed by atoms with E-state index in [1.165, 1.54) is 6.07 Å². The molecular weight excluding hydrogens is 319 g/mol. The van der Waals surface area contributed by atoms with E-state index in [1.54, 1.807) is 43.3 Å². The van der Waals surface area contributed by atoms with Gasteiger partial charge in [0.1, 0.15) is 17.3 Å². The largest absolute Gasteiger partial charge is 0.481 e. The summed E-state index contributed by atoms with van der Waals surface area (Å²) in [4.78, 5) is 10.8. The fraction of sp³-hybridized carbons (Fsp3) is 0.0952. The topological polar surface area (TPSA) is 46.5 Å². The SMILES string of the molecule is Cc1ccc(-c2cccc(Oc3cccc(CC(=O)O)c3)c2)cc1F. The molecular formula is C21H17FO3. The highest BCUT2D eigenvalue weighted by molar-refractivity contribution is 5.70. The van der Waals surface area contributed by atoms with Gasteiger partial charge in [-0.05, 0) is 59.5 Å². The third-order valence-electron chi connectivity index (χ3n) is 3.83. The molecule has 4 heteroatoms. The summed E-state index contributed by atoms with van der Waals surface area (Å²) in [5.74, 6) is 0.0303. The maximum absolute atomic E-state index is 13.8. The van der Waals surface area contributed by atoms with Crippen molar-refractivity contribution in [2.24, 2.45) is 0 Å². The van der Waals surface area contributed by atoms with Crippen LogP contribution in [-0.4, -0.2) is 11.1 Å². The number of benzene rings is 3. The van der Waals surface area contributed by atoms with E-state index in [2.05, 4.69) is 0 Å². The van der Waals surface area contributed by atoms with E-state index in [1.807, 2.05) is 24.3 Å². The number of aliphatic carboxylic acids is 1. The smallest absolute Gasteiger partial charge is 0.307 e. The molecule has 0 atom stereocenters. The molecule has 0 heterocycles. The minimum absolute atomic E-state index is 0.0557. The Hall–Kier alpha value is -3.14. The Balaban J connectivity index is 1.84. The van der Waals surface area contributed by atoms with Gasteiger partial charge >= 0.3 is 5.97 Å². The van der Waals surface area contributed by atoms with Gasteiger partial charge in [0.15, 0.2) is 0 Å². The van der Waals surface area contributed by atoms with Crippen LogP contribution in [0.4, 0.5) is 4.39 Å². The number of carboxylic acids is 1. The zero-order valence-electron chi connectivity index (χ0n) is 13.7. The van der Waals surface area contributed by atoms with Crippen LogP contribution in [0.5, 0.6) is 11.5 Å². The Morgan fingerprint density at radius 2 is 1.64 bits per heavy atom. The average Bonchev–Trinajstić information content (AvgIpc) is 2.57. The van der Waals surface area contributed by atoms with Gasteiger partial charge in [-0.15, -0.1) is 0 Å². The molecule has 0 aromatic heterocycles. The van der Waals surface area contributed by atoms with Crippen molar-refractivity contribution in [2.45, 2.75) is 13.3 Å². The monoisotopic (exact) mass is 336 g/mol. The second-order valence-corrected chi connectivity index (χ2v) is 5.81. The molecule has 1 N–H and O–H groups in total. The molecule has 0 unspecified atom stereocenters. The number of aryl methyl sites for hydroxylation is 1. The van der Waals surface area contributed by atoms with Crippen molar-refractivity contribution in [1.29, 1.82) is 0 Å². The fourth-order valence-corrected chi connectivity index (χ4v) is 2.54. The molecule has 0 aliphatic rings. The first kappa shape index (κ1) is 16.7. The van der Waals surface area contributed by atoms with E-state index in [0.29, 0.717) is 22.6 Å². The van der Waals surface area contributed by atoms with Crippen LogP contribution >= 0.6 is 0 Å². The first-order valence-electron chi connectivity index (χ1n) is 7.86. The van der Waals surface area contributed by atoms with Crippen LogP contribution in [0.1, 0.15) is 11.1 Å². The van der Waals surface area contributed by atoms with Crippen LogP contribution < -0.4 is 4.74 Å². The second-order valence-electron chi connectivity index (χ2n) is 5.81. The highest BCUT2D eigenvalue weighted by atomic mass is 19.1. The molecule has 126 valence electrons. The van der Waals surface area contributed by atoms with E-state index in [-0.39, 0.29) is 12.2 Å². The normalized spacial score (nSPS) is 10.5. The Bertz CT molecular complexity index is 919. The molecule has 0 radical (unpaired) electrons. The molecule has 0 spiro atoms. The number of carbonyl (C=O) groups is 1. The predicted octanol–water partition coefficient (Wildman–Crippen LogP) is 5.22. The maximum Gasteiger partial charge on any atom is 0.307 e. The van der Waals surface area contributed by atoms with Crippen molar-refractivity contribution in [3.05, 3.63) is 83.7 Å². The van der Waals surface area contributed by atoms with Crippen LogP contribution in [0.25, 0.3) is 11.1 Å². The zero-order chi connectivity index (χ0) is 17.8. The molecule has 0 bridgehead atoms. The summed E-state index contributed by atoms with van der Waals surface area (Å²) in [6.07, 6.45) is -0.0557. The van der Waals surface area contributed by atoms with E-state index < -0.39 is 5.97 Å². The lowest BCUT2D eigenvalue weighted by molar-refractivity contribution is -0.136. The average molecular weight is 336 g/mol. The summed E-state index contributed by atoms with van der Waals surface area (Å²) in [5, 5.41) is 8.88. The Kier molecular flexibility index (Phi) is 4.80. The number of rotatable bonds is 5. The van der Waals surface area contributed by atoms with E-state index in [4.69, 9.17) is 9.84 Å². The van der Waals surface area contributed by atoms with Crippen molar-refractivity contribution >= 4 is 5.97 Å². The summed E-state index contributed by atoms with van der Waals surface area (Å²) >= 11 is 0. The van der Waals surface area contributed by atoms with Crippen LogP contribution in [0.3, 0.4) is 0 Å². The maximum atomic E-state index is 13.8. The molecule has 25 heavy (non-hydrogen) atoms. The van der Waals surface area contributed by atoms with Crippen LogP contribution in [-0.2, 0) is 11.2 Å². The summed E-state index contributed by atoms with van der Waals surface area (Å²) in [6, 6.07) is 19.4. The predicted molar refractivity (Wildman–Crippen MR) is 94.4 cm³/mol. The van der Waals surface area contributed by atoms with Gasteiger partial charge in [-0.1, -0.05) is 36.4 Å². The number of hydrogen-bond donors (Lipinski definition) is 1. The van der Waals surface area contributed by atoms with Gasteiger partial charge < -0.3 is 9.84 Å². The summed E-state index contributed by atoms with van der Waals surface area (Å²) < 4.78 is 19.6. The number of carboxylic acid groups (broad SMARTS) is 1. The van der Waals surface area contributed by atoms with Gasteiger partial charge in [0.05, 0.1) is 6.42 Å². The Morgan fingerprint density at radius 1 is 0.960 bits per heavy atom. The number of ether oxygens (including phenoxy) is 1. The molecule has 3 rings (SSSR count). The van der Waals surface area contributed by atoms with Gasteiger partial charge in [0.2, 0.25) is 0 Å². The molecule has 0 amide bonds. The highest BCUT2D eigenvalue weighted by Gasteiger charge is 2.06. The first-order chi connectivity index (χ1) is 12.0. The third kappa shape index (κ3) is 4.23. The lowest BCUT2D eigenvalue weighted by atomic mass is 10.0. The Morgan fingerprint density at radius 3 is 2.36 bits per heavy atom. The van der Waals surface area contributed by atoms with E-state index in [9.17, 15) is 9.18 Å². The summed E-state index contributed by atoms with van der Waals surface area (Å²) in [6.45, 7) is 1.72. The quantitative estimate of drug-likeness (QED) is 0.695. The van der Waals surface area contributed by atoms with Crippen LogP contribution in [0.15, 0.2) is 66.7 Å². The molecule has 3 aromatic carbocycles. The van der Waals surface area contributed by atoms with Crippen molar-refractivity contribution in [2.75, 3.05) is 0 Å². The van der Waals surface area contributed by atoms with Gasteiger partial charge in [-0.2, -0.15) is 0 Å². The van der Waals surface area contributed by atoms with Gasteiger partial charge in [-0.25, -0.2) is 4.39 Å². The van der Waals surface area contributed by atoms with Crippen LogP contribution in [0, 0.1) is 12.7 Å². The molecule has 3 aromatic rings. The molecule has 0 saturated carbocycles. The van der Waals surface area contributed by atoms with Gasteiger partial charge in [0.25, 0.3) is 0 Å². The van der Waals surface area contributed by atoms with Crippen molar-refractivity contribution in [3.63, 3.8) is 0 Å². The van der Waals surface area contributed by atoms with E-state index >= 15 is 0 Å². The number of hydrogen-bond acceptors (Lipinski definition) is 2. The lowest BCUT2D eigenvalue weighted by Gasteiger charge is -2.09. The zero-order valence-corrected chi connectivity index (χ0v) is 13.7. The fourth-order valence-electron chi connectivity index (χ4n) is 2.54. The molecule has 0 saturated heterocycles. The van der Waals surface area contributed by atoms with Crippen molar-refractivity contribution < 1.29 is 19.0 Å². The minimum Gasteiger partial charge on any atom is -0.481 e. The van der Waals surface area contributed by atoms with Crippen molar-refractivity contribution in [1.82, 2.24) is 0 Å². The molecule has 0 aliphatic heterocycles. The standard InChI is InChI=1S/C21H17FO3/c1-14-8-9-17(13-20(14)22)16-5-3-7-19(12-16)25-18-6-2-4-15(10-18)11-21(23)24/h2-10,12-13H,11H2,1H3,(H,23,24). The second kappa shape index (κ2) is 7.18. The molecule has 3 nitrogen and oxygen atoms in total. The summed E-state index contributed by atoms with van der Waals surface area (Å²) in [7, 11) is 0. The Labute approximate surface area is 145 Å². The van der Waals surface area contributed by atoms with Gasteiger partial charge in [0, 0.05) is 0 Å². The summed E-state index contributed by atoms with van der Waals surface area (Å²) in [5.41, 5.74) is 2.89. The van der Waals surface area contributed by atoms with Crippen LogP contribution in [0.2, 0.25) is 0 Å². The van der Waals surface area contributed by atoms with Crippen molar-refractivity contribution in [3.8, 4) is 22.6 Å². The third-order valence-corrected chi connectivity index (χ3v) is 3.83. The lowest BCUT2D eigenvalue weighted by Crippen LogP contribution is -1.99. The van der Waals surface area contributed by atoms with Gasteiger partial charge in [-0.3, -0.25) is 4.79 Å². The molecule has 0 fully saturated rings. The minimum atomic E-state index is -0.888. The highest BCUT2D eigenvalue weighted by Crippen LogP contribution is 2.28. The number of halogens is 1. The first-order valence-corrected chi connectivity index (χ1v) is 7.86.